The maximum Gasteiger partial charge on any atom is 0.238 e. The number of ketones is 1. The van der Waals surface area contributed by atoms with Gasteiger partial charge in [-0.1, -0.05) is 6.58 Å². The zero-order valence-corrected chi connectivity index (χ0v) is 11.3. The first-order valence-electron chi connectivity index (χ1n) is 5.21. The third kappa shape index (κ3) is 2.38. The molecule has 88 valence electrons. The highest BCUT2D eigenvalue weighted by atomic mass is 127. The molecule has 1 aromatic rings. The Labute approximate surface area is 113 Å². The molecule has 0 aliphatic carbocycles. The van der Waals surface area contributed by atoms with E-state index in [2.05, 4.69) is 11.6 Å². The standard InChI is InChI=1S/C12H11IN2O2/c1-8(13)15-6-4-10(12(15)17)11(16)9-3-2-5-14-7-9/h2-3,5,7,10H,1,4,6H2. The number of rotatable bonds is 3. The molecule has 1 aliphatic heterocycles. The van der Waals surface area contributed by atoms with Crippen LogP contribution in [0.15, 0.2) is 34.8 Å². The molecule has 0 bridgehead atoms. The van der Waals surface area contributed by atoms with E-state index in [1.807, 2.05) is 22.6 Å². The third-order valence-electron chi connectivity index (χ3n) is 2.76. The van der Waals surface area contributed by atoms with Crippen molar-refractivity contribution in [1.82, 2.24) is 9.88 Å². The van der Waals surface area contributed by atoms with Crippen LogP contribution in [0.4, 0.5) is 0 Å². The van der Waals surface area contributed by atoms with E-state index < -0.39 is 5.92 Å². The zero-order valence-electron chi connectivity index (χ0n) is 9.10. The lowest BCUT2D eigenvalue weighted by atomic mass is 9.97. The van der Waals surface area contributed by atoms with Crippen LogP contribution in [0.1, 0.15) is 16.8 Å². The van der Waals surface area contributed by atoms with Crippen LogP contribution in [0.3, 0.4) is 0 Å². The van der Waals surface area contributed by atoms with Crippen LogP contribution in [0.25, 0.3) is 0 Å². The molecule has 0 spiro atoms. The van der Waals surface area contributed by atoms with Crippen LogP contribution >= 0.6 is 22.6 Å². The van der Waals surface area contributed by atoms with Crippen molar-refractivity contribution in [2.24, 2.45) is 5.92 Å². The normalized spacial score (nSPS) is 19.5. The van der Waals surface area contributed by atoms with Gasteiger partial charge in [-0.05, 0) is 41.1 Å². The van der Waals surface area contributed by atoms with Gasteiger partial charge in [0.2, 0.25) is 5.91 Å². The molecular weight excluding hydrogens is 331 g/mol. The first kappa shape index (κ1) is 12.2. The molecule has 1 unspecified atom stereocenters. The van der Waals surface area contributed by atoms with Gasteiger partial charge >= 0.3 is 0 Å². The van der Waals surface area contributed by atoms with Crippen LogP contribution < -0.4 is 0 Å². The Morgan fingerprint density at radius 3 is 2.88 bits per heavy atom. The van der Waals surface area contributed by atoms with Crippen molar-refractivity contribution in [2.45, 2.75) is 6.42 Å². The quantitative estimate of drug-likeness (QED) is 0.366. The minimum absolute atomic E-state index is 0.150. The van der Waals surface area contributed by atoms with Crippen molar-refractivity contribution in [2.75, 3.05) is 6.54 Å². The van der Waals surface area contributed by atoms with E-state index in [0.29, 0.717) is 22.2 Å². The lowest BCUT2D eigenvalue weighted by Gasteiger charge is -2.14. The topological polar surface area (TPSA) is 50.3 Å². The van der Waals surface area contributed by atoms with Crippen LogP contribution in [-0.2, 0) is 4.79 Å². The molecule has 0 radical (unpaired) electrons. The van der Waals surface area contributed by atoms with Gasteiger partial charge in [-0.3, -0.25) is 14.6 Å². The summed E-state index contributed by atoms with van der Waals surface area (Å²) in [5.74, 6) is -0.882. The smallest absolute Gasteiger partial charge is 0.238 e. The lowest BCUT2D eigenvalue weighted by Crippen LogP contribution is -2.28. The van der Waals surface area contributed by atoms with Crippen molar-refractivity contribution in [3.63, 3.8) is 0 Å². The molecule has 17 heavy (non-hydrogen) atoms. The average Bonchev–Trinajstić information content (AvgIpc) is 2.71. The highest BCUT2D eigenvalue weighted by Gasteiger charge is 2.37. The number of pyridine rings is 1. The summed E-state index contributed by atoms with van der Waals surface area (Å²) in [6, 6.07) is 3.38. The van der Waals surface area contributed by atoms with E-state index >= 15 is 0 Å². The Hall–Kier alpha value is -1.24. The molecule has 1 aromatic heterocycles. The Morgan fingerprint density at radius 2 is 2.35 bits per heavy atom. The summed E-state index contributed by atoms with van der Waals surface area (Å²) >= 11 is 1.99. The summed E-state index contributed by atoms with van der Waals surface area (Å²) in [4.78, 5) is 29.5. The Balaban J connectivity index is 2.18. The maximum atomic E-state index is 12.1. The van der Waals surface area contributed by atoms with Crippen LogP contribution in [-0.4, -0.2) is 28.1 Å². The summed E-state index contributed by atoms with van der Waals surface area (Å²) in [6.45, 7) is 4.29. The van der Waals surface area contributed by atoms with Crippen LogP contribution in [0.2, 0.25) is 0 Å². The summed E-state index contributed by atoms with van der Waals surface area (Å²) < 4.78 is 0.661. The molecule has 2 rings (SSSR count). The number of hydrogen-bond donors (Lipinski definition) is 0. The van der Waals surface area contributed by atoms with Crippen molar-refractivity contribution in [3.05, 3.63) is 40.4 Å². The zero-order chi connectivity index (χ0) is 12.4. The van der Waals surface area contributed by atoms with Gasteiger partial charge in [-0.15, -0.1) is 0 Å². The Morgan fingerprint density at radius 1 is 1.59 bits per heavy atom. The minimum Gasteiger partial charge on any atom is -0.307 e. The molecule has 4 nitrogen and oxygen atoms in total. The van der Waals surface area contributed by atoms with Crippen molar-refractivity contribution < 1.29 is 9.59 Å². The van der Waals surface area contributed by atoms with Gasteiger partial charge in [0, 0.05) is 24.5 Å². The predicted octanol–water partition coefficient (Wildman–Crippen LogP) is 2.02. The van der Waals surface area contributed by atoms with Crippen LogP contribution in [0.5, 0.6) is 0 Å². The van der Waals surface area contributed by atoms with Gasteiger partial charge in [0.05, 0.1) is 3.70 Å². The summed E-state index contributed by atoms with van der Waals surface area (Å²) in [7, 11) is 0. The molecule has 1 amide bonds. The minimum atomic E-state index is -0.578. The van der Waals surface area contributed by atoms with E-state index in [-0.39, 0.29) is 11.7 Å². The largest absolute Gasteiger partial charge is 0.307 e. The van der Waals surface area contributed by atoms with E-state index in [4.69, 9.17) is 0 Å². The summed E-state index contributed by atoms with van der Waals surface area (Å²) in [5.41, 5.74) is 0.492. The SMILES string of the molecule is C=C(I)N1CCC(C(=O)c2cccnc2)C1=O. The maximum absolute atomic E-state index is 12.1. The van der Waals surface area contributed by atoms with Crippen LogP contribution in [0, 0.1) is 5.92 Å². The molecule has 0 saturated carbocycles. The highest BCUT2D eigenvalue weighted by Crippen LogP contribution is 2.26. The number of carbonyl (C=O) groups is 2. The van der Waals surface area contributed by atoms with E-state index in [9.17, 15) is 9.59 Å². The van der Waals surface area contributed by atoms with Crippen molar-refractivity contribution >= 4 is 34.3 Å². The number of halogens is 1. The van der Waals surface area contributed by atoms with Gasteiger partial charge < -0.3 is 4.90 Å². The molecule has 1 fully saturated rings. The average molecular weight is 342 g/mol. The number of amides is 1. The first-order valence-corrected chi connectivity index (χ1v) is 6.29. The molecule has 5 heteroatoms. The fraction of sp³-hybridized carbons (Fsp3) is 0.250. The molecule has 0 aromatic carbocycles. The first-order chi connectivity index (χ1) is 8.11. The molecular formula is C12H11IN2O2. The number of aromatic nitrogens is 1. The number of hydrogen-bond acceptors (Lipinski definition) is 3. The molecule has 1 atom stereocenters. The second-order valence-electron chi connectivity index (χ2n) is 3.81. The number of carbonyl (C=O) groups excluding carboxylic acids is 2. The third-order valence-corrected chi connectivity index (χ3v) is 3.34. The second kappa shape index (κ2) is 4.95. The van der Waals surface area contributed by atoms with Gasteiger partial charge in [0.15, 0.2) is 5.78 Å². The van der Waals surface area contributed by atoms with E-state index in [1.54, 1.807) is 23.2 Å². The van der Waals surface area contributed by atoms with Crippen molar-refractivity contribution in [1.29, 1.82) is 0 Å². The van der Waals surface area contributed by atoms with E-state index in [1.165, 1.54) is 6.20 Å². The highest BCUT2D eigenvalue weighted by molar-refractivity contribution is 14.1. The van der Waals surface area contributed by atoms with Gasteiger partial charge in [0.25, 0.3) is 0 Å². The number of Topliss-reactive ketones (excluding diaryl/α,β-unsaturated/α-hetero) is 1. The second-order valence-corrected chi connectivity index (χ2v) is 5.06. The van der Waals surface area contributed by atoms with Gasteiger partial charge in [0.1, 0.15) is 5.92 Å². The number of nitrogens with zero attached hydrogens (tertiary/aromatic N) is 2. The van der Waals surface area contributed by atoms with Gasteiger partial charge in [-0.2, -0.15) is 0 Å². The molecule has 1 aliphatic rings. The molecule has 0 N–H and O–H groups in total. The summed E-state index contributed by atoms with van der Waals surface area (Å²) in [6.07, 6.45) is 3.65. The van der Waals surface area contributed by atoms with E-state index in [0.717, 1.165) is 0 Å². The Bertz CT molecular complexity index is 473. The fourth-order valence-corrected chi connectivity index (χ4v) is 2.35. The Kier molecular flexibility index (Phi) is 3.56. The molecule has 1 saturated heterocycles. The van der Waals surface area contributed by atoms with Crippen molar-refractivity contribution in [3.8, 4) is 0 Å². The predicted molar refractivity (Wildman–Crippen MR) is 71.5 cm³/mol. The summed E-state index contributed by atoms with van der Waals surface area (Å²) in [5, 5.41) is 0. The monoisotopic (exact) mass is 342 g/mol. The molecule has 2 heterocycles. The number of likely N-dealkylation sites (tertiary alicyclic amines) is 1. The lowest BCUT2D eigenvalue weighted by molar-refractivity contribution is -0.127. The van der Waals surface area contributed by atoms with Gasteiger partial charge in [-0.25, -0.2) is 0 Å². The fourth-order valence-electron chi connectivity index (χ4n) is 1.87.